The Morgan fingerprint density at radius 1 is 1.26 bits per heavy atom. The summed E-state index contributed by atoms with van der Waals surface area (Å²) in [4.78, 5) is 36.4. The van der Waals surface area contributed by atoms with E-state index in [0.29, 0.717) is 18.7 Å². The van der Waals surface area contributed by atoms with E-state index in [1.807, 2.05) is 41.1 Å². The van der Waals surface area contributed by atoms with Gasteiger partial charge in [-0.05, 0) is 55.5 Å². The van der Waals surface area contributed by atoms with Crippen molar-refractivity contribution in [2.24, 2.45) is 5.41 Å². The molecule has 2 amide bonds. The van der Waals surface area contributed by atoms with Gasteiger partial charge in [-0.25, -0.2) is 0 Å². The van der Waals surface area contributed by atoms with Gasteiger partial charge in [0.25, 0.3) is 5.91 Å². The Labute approximate surface area is 159 Å². The molecule has 0 unspecified atom stereocenters. The second-order valence-corrected chi connectivity index (χ2v) is 8.03. The number of amides is 2. The number of H-pyrrole nitrogens is 1. The highest BCUT2D eigenvalue weighted by atomic mass is 16.2. The third kappa shape index (κ3) is 3.75. The highest BCUT2D eigenvalue weighted by molar-refractivity contribution is 5.92. The molecular formula is C21H26N4O2. The Morgan fingerprint density at radius 2 is 2.07 bits per heavy atom. The highest BCUT2D eigenvalue weighted by Crippen LogP contribution is 2.39. The van der Waals surface area contributed by atoms with Crippen molar-refractivity contribution in [3.05, 3.63) is 53.6 Å². The molecule has 0 aromatic carbocycles. The number of nitrogens with zero attached hydrogens (tertiary/aromatic N) is 3. The molecule has 142 valence electrons. The van der Waals surface area contributed by atoms with Gasteiger partial charge in [-0.15, -0.1) is 0 Å². The molecule has 2 fully saturated rings. The SMILES string of the molecule is Cc1c[nH]c(C(=O)N2CCC[C@@]3(CCC(=O)N(Cc4ccncc4)C3)C2)c1. The van der Waals surface area contributed by atoms with Crippen LogP contribution in [0.5, 0.6) is 0 Å². The monoisotopic (exact) mass is 366 g/mol. The number of rotatable bonds is 3. The van der Waals surface area contributed by atoms with Crippen LogP contribution in [0.25, 0.3) is 0 Å². The summed E-state index contributed by atoms with van der Waals surface area (Å²) < 4.78 is 0. The molecule has 1 atom stereocenters. The number of likely N-dealkylation sites (tertiary alicyclic amines) is 2. The zero-order chi connectivity index (χ0) is 18.9. The van der Waals surface area contributed by atoms with Gasteiger partial charge in [-0.3, -0.25) is 14.6 Å². The van der Waals surface area contributed by atoms with Crippen molar-refractivity contribution >= 4 is 11.8 Å². The van der Waals surface area contributed by atoms with Gasteiger partial charge in [0.05, 0.1) is 0 Å². The molecule has 1 spiro atoms. The summed E-state index contributed by atoms with van der Waals surface area (Å²) in [5, 5.41) is 0. The summed E-state index contributed by atoms with van der Waals surface area (Å²) >= 11 is 0. The summed E-state index contributed by atoms with van der Waals surface area (Å²) in [6.45, 7) is 4.84. The normalized spacial score (nSPS) is 23.1. The number of hydrogen-bond acceptors (Lipinski definition) is 3. The second kappa shape index (κ2) is 7.18. The molecule has 0 aliphatic carbocycles. The predicted molar refractivity (Wildman–Crippen MR) is 102 cm³/mol. The van der Waals surface area contributed by atoms with Crippen molar-refractivity contribution in [3.8, 4) is 0 Å². The lowest BCUT2D eigenvalue weighted by atomic mass is 9.73. The van der Waals surface area contributed by atoms with Crippen LogP contribution in [-0.4, -0.2) is 51.2 Å². The van der Waals surface area contributed by atoms with Gasteiger partial charge in [0.1, 0.15) is 5.69 Å². The van der Waals surface area contributed by atoms with Crippen LogP contribution in [0, 0.1) is 12.3 Å². The Kier molecular flexibility index (Phi) is 4.72. The molecule has 0 radical (unpaired) electrons. The van der Waals surface area contributed by atoms with E-state index >= 15 is 0 Å². The maximum absolute atomic E-state index is 12.9. The number of piperidine rings is 2. The third-order valence-electron chi connectivity index (χ3n) is 5.88. The van der Waals surface area contributed by atoms with Crippen molar-refractivity contribution in [1.29, 1.82) is 0 Å². The lowest BCUT2D eigenvalue weighted by Gasteiger charge is -2.48. The molecule has 6 heteroatoms. The van der Waals surface area contributed by atoms with Gasteiger partial charge < -0.3 is 14.8 Å². The number of carbonyl (C=O) groups is 2. The van der Waals surface area contributed by atoms with Crippen LogP contribution >= 0.6 is 0 Å². The lowest BCUT2D eigenvalue weighted by Crippen LogP contribution is -2.54. The first-order valence-electron chi connectivity index (χ1n) is 9.66. The minimum atomic E-state index is 0.0104. The van der Waals surface area contributed by atoms with Crippen LogP contribution in [-0.2, 0) is 11.3 Å². The Bertz CT molecular complexity index is 832. The summed E-state index contributed by atoms with van der Waals surface area (Å²) in [5.74, 6) is 0.278. The number of aromatic amines is 1. The van der Waals surface area contributed by atoms with E-state index < -0.39 is 0 Å². The van der Waals surface area contributed by atoms with E-state index in [9.17, 15) is 9.59 Å². The fraction of sp³-hybridized carbons (Fsp3) is 0.476. The minimum absolute atomic E-state index is 0.0104. The van der Waals surface area contributed by atoms with Gasteiger partial charge in [-0.2, -0.15) is 0 Å². The zero-order valence-corrected chi connectivity index (χ0v) is 15.8. The van der Waals surface area contributed by atoms with Crippen LogP contribution in [0.15, 0.2) is 36.8 Å². The van der Waals surface area contributed by atoms with Crippen LogP contribution in [0.3, 0.4) is 0 Å². The average molecular weight is 366 g/mol. The maximum atomic E-state index is 12.9. The maximum Gasteiger partial charge on any atom is 0.270 e. The van der Waals surface area contributed by atoms with Crippen LogP contribution in [0.2, 0.25) is 0 Å². The van der Waals surface area contributed by atoms with Crippen molar-refractivity contribution in [2.45, 2.75) is 39.2 Å². The van der Waals surface area contributed by atoms with Gasteiger partial charge in [-0.1, -0.05) is 0 Å². The minimum Gasteiger partial charge on any atom is -0.357 e. The Balaban J connectivity index is 1.48. The van der Waals surface area contributed by atoms with Crippen molar-refractivity contribution in [2.75, 3.05) is 19.6 Å². The molecule has 0 saturated carbocycles. The zero-order valence-electron chi connectivity index (χ0n) is 15.8. The molecule has 2 aliphatic heterocycles. The number of aromatic nitrogens is 2. The number of nitrogens with one attached hydrogen (secondary N) is 1. The van der Waals surface area contributed by atoms with Crippen molar-refractivity contribution in [3.63, 3.8) is 0 Å². The lowest BCUT2D eigenvalue weighted by molar-refractivity contribution is -0.139. The van der Waals surface area contributed by atoms with E-state index in [1.165, 1.54) is 0 Å². The van der Waals surface area contributed by atoms with E-state index in [0.717, 1.165) is 50.0 Å². The molecule has 27 heavy (non-hydrogen) atoms. The third-order valence-corrected chi connectivity index (χ3v) is 5.88. The van der Waals surface area contributed by atoms with Gasteiger partial charge in [0, 0.05) is 56.6 Å². The molecule has 2 aliphatic rings. The molecule has 4 rings (SSSR count). The van der Waals surface area contributed by atoms with E-state index in [-0.39, 0.29) is 17.2 Å². The molecule has 1 N–H and O–H groups in total. The standard InChI is InChI=1S/C21H26N4O2/c1-16-11-18(23-12-16)20(27)24-10-2-6-21(14-24)7-3-19(26)25(15-21)13-17-4-8-22-9-5-17/h4-5,8-9,11-12,23H,2-3,6-7,10,13-15H2,1H3/t21-/m1/s1. The molecular weight excluding hydrogens is 340 g/mol. The number of carbonyl (C=O) groups excluding carboxylic acids is 2. The van der Waals surface area contributed by atoms with Gasteiger partial charge >= 0.3 is 0 Å². The van der Waals surface area contributed by atoms with Gasteiger partial charge in [0.15, 0.2) is 0 Å². The molecule has 2 saturated heterocycles. The number of aryl methyl sites for hydroxylation is 1. The first-order chi connectivity index (χ1) is 13.0. The van der Waals surface area contributed by atoms with Gasteiger partial charge in [0.2, 0.25) is 5.91 Å². The fourth-order valence-corrected chi connectivity index (χ4v) is 4.47. The van der Waals surface area contributed by atoms with Crippen molar-refractivity contribution in [1.82, 2.24) is 19.8 Å². The van der Waals surface area contributed by atoms with E-state index in [4.69, 9.17) is 0 Å². The quantitative estimate of drug-likeness (QED) is 0.908. The smallest absolute Gasteiger partial charge is 0.270 e. The van der Waals surface area contributed by atoms with Crippen LogP contribution < -0.4 is 0 Å². The molecule has 2 aromatic rings. The molecule has 4 heterocycles. The predicted octanol–water partition coefficient (Wildman–Crippen LogP) is 2.76. The Morgan fingerprint density at radius 3 is 2.81 bits per heavy atom. The Hall–Kier alpha value is -2.63. The molecule has 6 nitrogen and oxygen atoms in total. The summed E-state index contributed by atoms with van der Waals surface area (Å²) in [5.41, 5.74) is 2.83. The summed E-state index contributed by atoms with van der Waals surface area (Å²) in [6.07, 6.45) is 8.88. The fourth-order valence-electron chi connectivity index (χ4n) is 4.47. The van der Waals surface area contributed by atoms with E-state index in [1.54, 1.807) is 12.4 Å². The first-order valence-corrected chi connectivity index (χ1v) is 9.66. The largest absolute Gasteiger partial charge is 0.357 e. The van der Waals surface area contributed by atoms with Crippen molar-refractivity contribution < 1.29 is 9.59 Å². The average Bonchev–Trinajstić information content (AvgIpc) is 3.12. The number of hydrogen-bond donors (Lipinski definition) is 1. The summed E-state index contributed by atoms with van der Waals surface area (Å²) in [7, 11) is 0. The number of pyridine rings is 1. The highest BCUT2D eigenvalue weighted by Gasteiger charge is 2.42. The van der Waals surface area contributed by atoms with E-state index in [2.05, 4.69) is 9.97 Å². The summed E-state index contributed by atoms with van der Waals surface area (Å²) in [6, 6.07) is 5.82. The van der Waals surface area contributed by atoms with Crippen LogP contribution in [0.1, 0.15) is 47.3 Å². The second-order valence-electron chi connectivity index (χ2n) is 8.03. The molecule has 0 bridgehead atoms. The molecule has 2 aromatic heterocycles. The van der Waals surface area contributed by atoms with Crippen LogP contribution in [0.4, 0.5) is 0 Å². The topological polar surface area (TPSA) is 69.3 Å². The first kappa shape index (κ1) is 17.8.